The number of aryl methyl sites for hydroxylation is 1. The second kappa shape index (κ2) is 6.00. The lowest BCUT2D eigenvalue weighted by molar-refractivity contribution is -0.137. The first-order valence-electron chi connectivity index (χ1n) is 6.17. The van der Waals surface area contributed by atoms with Crippen molar-refractivity contribution in [2.24, 2.45) is 0 Å². The first-order chi connectivity index (χ1) is 9.60. The van der Waals surface area contributed by atoms with Crippen LogP contribution in [0.3, 0.4) is 0 Å². The Balaban J connectivity index is 2.05. The first-order valence-corrected chi connectivity index (χ1v) is 6.17. The van der Waals surface area contributed by atoms with E-state index in [1.165, 1.54) is 17.1 Å². The van der Waals surface area contributed by atoms with Crippen LogP contribution in [-0.4, -0.2) is 36.5 Å². The molecule has 106 valence electrons. The second-order valence-corrected chi connectivity index (χ2v) is 4.21. The van der Waals surface area contributed by atoms with E-state index >= 15 is 0 Å². The molecular weight excluding hydrogens is 262 g/mol. The van der Waals surface area contributed by atoms with Crippen molar-refractivity contribution in [1.82, 2.24) is 19.6 Å². The molecular formula is C12H15N5O3. The van der Waals surface area contributed by atoms with E-state index in [-0.39, 0.29) is 12.5 Å². The Morgan fingerprint density at radius 3 is 2.90 bits per heavy atom. The number of hydrogen-bond acceptors (Lipinski definition) is 4. The Morgan fingerprint density at radius 1 is 1.40 bits per heavy atom. The topological polar surface area (TPSA) is 102 Å². The van der Waals surface area contributed by atoms with Crippen molar-refractivity contribution >= 4 is 17.6 Å². The van der Waals surface area contributed by atoms with Gasteiger partial charge in [-0.1, -0.05) is 6.92 Å². The Kier molecular flexibility index (Phi) is 4.14. The molecule has 20 heavy (non-hydrogen) atoms. The largest absolute Gasteiger partial charge is 0.480 e. The number of carboxylic acid groups (broad SMARTS) is 1. The van der Waals surface area contributed by atoms with E-state index in [2.05, 4.69) is 15.5 Å². The van der Waals surface area contributed by atoms with Crippen LogP contribution in [-0.2, 0) is 17.9 Å². The Morgan fingerprint density at radius 2 is 2.20 bits per heavy atom. The summed E-state index contributed by atoms with van der Waals surface area (Å²) >= 11 is 0. The van der Waals surface area contributed by atoms with Gasteiger partial charge >= 0.3 is 5.97 Å². The minimum atomic E-state index is -0.994. The van der Waals surface area contributed by atoms with Gasteiger partial charge in [-0.2, -0.15) is 10.2 Å². The molecule has 0 saturated heterocycles. The molecule has 0 aliphatic heterocycles. The molecule has 0 saturated carbocycles. The highest BCUT2D eigenvalue weighted by molar-refractivity contribution is 6.02. The summed E-state index contributed by atoms with van der Waals surface area (Å²) in [5.74, 6) is -1.29. The molecule has 0 atom stereocenters. The van der Waals surface area contributed by atoms with Crippen molar-refractivity contribution in [1.29, 1.82) is 0 Å². The van der Waals surface area contributed by atoms with Gasteiger partial charge in [0, 0.05) is 18.9 Å². The molecule has 8 heteroatoms. The maximum Gasteiger partial charge on any atom is 0.325 e. The number of hydrogen-bond donors (Lipinski definition) is 2. The molecule has 2 aromatic rings. The minimum absolute atomic E-state index is 0.246. The highest BCUT2D eigenvalue weighted by atomic mass is 16.4. The van der Waals surface area contributed by atoms with Crippen molar-refractivity contribution in [2.75, 3.05) is 5.32 Å². The molecule has 0 aliphatic carbocycles. The van der Waals surface area contributed by atoms with E-state index in [9.17, 15) is 9.59 Å². The van der Waals surface area contributed by atoms with Gasteiger partial charge in [-0.05, 0) is 12.5 Å². The third-order valence-electron chi connectivity index (χ3n) is 2.57. The summed E-state index contributed by atoms with van der Waals surface area (Å²) in [6, 6.07) is 1.63. The Labute approximate surface area is 115 Å². The SMILES string of the molecule is CCCn1nccc1C(=O)Nc1cnn(CC(=O)O)c1. The van der Waals surface area contributed by atoms with E-state index < -0.39 is 5.97 Å². The fourth-order valence-electron chi connectivity index (χ4n) is 1.76. The number of amides is 1. The monoisotopic (exact) mass is 277 g/mol. The average molecular weight is 277 g/mol. The third-order valence-corrected chi connectivity index (χ3v) is 2.57. The number of carbonyl (C=O) groups is 2. The number of aliphatic carboxylic acids is 1. The summed E-state index contributed by atoms with van der Waals surface area (Å²) < 4.78 is 2.86. The summed E-state index contributed by atoms with van der Waals surface area (Å²) in [4.78, 5) is 22.6. The van der Waals surface area contributed by atoms with Crippen LogP contribution in [0.2, 0.25) is 0 Å². The highest BCUT2D eigenvalue weighted by Crippen LogP contribution is 2.08. The van der Waals surface area contributed by atoms with E-state index in [1.807, 2.05) is 6.92 Å². The zero-order valence-electron chi connectivity index (χ0n) is 11.0. The smallest absolute Gasteiger partial charge is 0.325 e. The van der Waals surface area contributed by atoms with Crippen molar-refractivity contribution in [3.05, 3.63) is 30.4 Å². The lowest BCUT2D eigenvalue weighted by atomic mass is 10.3. The standard InChI is InChI=1S/C12H15N5O3/c1-2-5-17-10(3-4-13-17)12(20)15-9-6-14-16(7-9)8-11(18)19/h3-4,6-7H,2,5,8H2,1H3,(H,15,20)(H,18,19). The predicted molar refractivity (Wildman–Crippen MR) is 70.3 cm³/mol. The van der Waals surface area contributed by atoms with Crippen molar-refractivity contribution in [3.8, 4) is 0 Å². The molecule has 0 bridgehead atoms. The second-order valence-electron chi connectivity index (χ2n) is 4.21. The van der Waals surface area contributed by atoms with Gasteiger partial charge in [0.2, 0.25) is 0 Å². The maximum absolute atomic E-state index is 12.1. The van der Waals surface area contributed by atoms with E-state index in [0.717, 1.165) is 6.42 Å². The summed E-state index contributed by atoms with van der Waals surface area (Å²) in [6.07, 6.45) is 5.31. The molecule has 0 aromatic carbocycles. The molecule has 1 amide bonds. The molecule has 2 rings (SSSR count). The fraction of sp³-hybridized carbons (Fsp3) is 0.333. The number of rotatable bonds is 6. The van der Waals surface area contributed by atoms with Crippen LogP contribution < -0.4 is 5.32 Å². The summed E-state index contributed by atoms with van der Waals surface area (Å²) in [6.45, 7) is 2.41. The van der Waals surface area contributed by atoms with E-state index in [1.54, 1.807) is 16.9 Å². The number of carbonyl (C=O) groups excluding carboxylic acids is 1. The zero-order valence-corrected chi connectivity index (χ0v) is 11.0. The van der Waals surface area contributed by atoms with Gasteiger partial charge in [0.25, 0.3) is 5.91 Å². The van der Waals surface area contributed by atoms with Gasteiger partial charge in [-0.3, -0.25) is 19.0 Å². The molecule has 8 nitrogen and oxygen atoms in total. The van der Waals surface area contributed by atoms with Crippen LogP contribution in [0.15, 0.2) is 24.7 Å². The van der Waals surface area contributed by atoms with Crippen molar-refractivity contribution in [3.63, 3.8) is 0 Å². The van der Waals surface area contributed by atoms with Crippen molar-refractivity contribution in [2.45, 2.75) is 26.4 Å². The van der Waals surface area contributed by atoms with Gasteiger partial charge in [0.05, 0.1) is 11.9 Å². The van der Waals surface area contributed by atoms with Crippen LogP contribution >= 0.6 is 0 Å². The van der Waals surface area contributed by atoms with Crippen molar-refractivity contribution < 1.29 is 14.7 Å². The quantitative estimate of drug-likeness (QED) is 0.814. The van der Waals surface area contributed by atoms with Gasteiger partial charge in [-0.25, -0.2) is 0 Å². The van der Waals surface area contributed by atoms with Gasteiger partial charge in [-0.15, -0.1) is 0 Å². The number of carboxylic acids is 1. The maximum atomic E-state index is 12.1. The average Bonchev–Trinajstić information content (AvgIpc) is 2.98. The molecule has 0 unspecified atom stereocenters. The zero-order chi connectivity index (χ0) is 14.5. The summed E-state index contributed by atoms with van der Waals surface area (Å²) in [5.41, 5.74) is 0.901. The lowest BCUT2D eigenvalue weighted by Crippen LogP contribution is -2.17. The van der Waals surface area contributed by atoms with Gasteiger partial charge in [0.1, 0.15) is 12.2 Å². The highest BCUT2D eigenvalue weighted by Gasteiger charge is 2.13. The van der Waals surface area contributed by atoms with E-state index in [0.29, 0.717) is 17.9 Å². The molecule has 0 radical (unpaired) electrons. The molecule has 0 aliphatic rings. The van der Waals surface area contributed by atoms with Gasteiger partial charge in [0.15, 0.2) is 0 Å². The lowest BCUT2D eigenvalue weighted by Gasteiger charge is -2.05. The normalized spacial score (nSPS) is 10.4. The minimum Gasteiger partial charge on any atom is -0.480 e. The predicted octanol–water partition coefficient (Wildman–Crippen LogP) is 0.826. The van der Waals surface area contributed by atoms with Crippen LogP contribution in [0.25, 0.3) is 0 Å². The molecule has 0 spiro atoms. The fourth-order valence-corrected chi connectivity index (χ4v) is 1.76. The van der Waals surface area contributed by atoms with Crippen LogP contribution in [0.1, 0.15) is 23.8 Å². The molecule has 2 aromatic heterocycles. The molecule has 0 fully saturated rings. The molecule has 2 heterocycles. The Bertz CT molecular complexity index is 616. The number of aromatic nitrogens is 4. The number of anilines is 1. The Hall–Kier alpha value is -2.64. The van der Waals surface area contributed by atoms with E-state index in [4.69, 9.17) is 5.11 Å². The van der Waals surface area contributed by atoms with Crippen LogP contribution in [0.4, 0.5) is 5.69 Å². The summed E-state index contributed by atoms with van der Waals surface area (Å²) in [5, 5.41) is 19.2. The number of nitrogens with zero attached hydrogens (tertiary/aromatic N) is 4. The van der Waals surface area contributed by atoms with Crippen LogP contribution in [0, 0.1) is 0 Å². The summed E-state index contributed by atoms with van der Waals surface area (Å²) in [7, 11) is 0. The number of nitrogens with one attached hydrogen (secondary N) is 1. The third kappa shape index (κ3) is 3.22. The van der Waals surface area contributed by atoms with Gasteiger partial charge < -0.3 is 10.4 Å². The molecule has 2 N–H and O–H groups in total. The van der Waals surface area contributed by atoms with Crippen LogP contribution in [0.5, 0.6) is 0 Å². The first kappa shape index (κ1) is 13.8.